The molecule has 0 unspecified atom stereocenters. The molecule has 6 nitrogen and oxygen atoms in total. The maximum atomic E-state index is 11.9. The minimum Gasteiger partial charge on any atom is -0.344 e. The first-order valence-corrected chi connectivity index (χ1v) is 5.19. The summed E-state index contributed by atoms with van der Waals surface area (Å²) in [4.78, 5) is 24.5. The topological polar surface area (TPSA) is 78.1 Å². The van der Waals surface area contributed by atoms with Crippen LogP contribution >= 0.6 is 0 Å². The maximum absolute atomic E-state index is 11.9. The summed E-state index contributed by atoms with van der Waals surface area (Å²) in [5, 5.41) is 9.16. The number of H-pyrrole nitrogens is 1. The standard InChI is InChI=1S/C10H14N4O2/c1-14(6-7-4-11-12-5-7)10(16)8-2-3-9(15)13-8/h4-5,8H,2-3,6H2,1H3,(H,11,12)(H,13,15)/t8-/m0/s1. The Morgan fingerprint density at radius 1 is 1.69 bits per heavy atom. The number of hydrogen-bond donors (Lipinski definition) is 2. The van der Waals surface area contributed by atoms with Crippen molar-refractivity contribution in [3.63, 3.8) is 0 Å². The molecule has 2 N–H and O–H groups in total. The highest BCUT2D eigenvalue weighted by atomic mass is 16.2. The molecule has 0 spiro atoms. The molecule has 2 rings (SSSR count). The van der Waals surface area contributed by atoms with E-state index in [1.54, 1.807) is 24.3 Å². The van der Waals surface area contributed by atoms with Crippen LogP contribution in [0.2, 0.25) is 0 Å². The van der Waals surface area contributed by atoms with Crippen LogP contribution in [0.5, 0.6) is 0 Å². The molecule has 1 fully saturated rings. The molecule has 1 aromatic rings. The van der Waals surface area contributed by atoms with Crippen LogP contribution in [0.15, 0.2) is 12.4 Å². The van der Waals surface area contributed by atoms with E-state index in [9.17, 15) is 9.59 Å². The number of rotatable bonds is 3. The van der Waals surface area contributed by atoms with Gasteiger partial charge in [0.2, 0.25) is 11.8 Å². The summed E-state index contributed by atoms with van der Waals surface area (Å²) < 4.78 is 0. The molecule has 1 aliphatic rings. The molecule has 0 saturated carbocycles. The first-order chi connectivity index (χ1) is 7.66. The second-order valence-corrected chi connectivity index (χ2v) is 3.96. The summed E-state index contributed by atoms with van der Waals surface area (Å²) >= 11 is 0. The summed E-state index contributed by atoms with van der Waals surface area (Å²) in [7, 11) is 1.72. The Morgan fingerprint density at radius 3 is 3.06 bits per heavy atom. The molecule has 0 radical (unpaired) electrons. The van der Waals surface area contributed by atoms with Crippen molar-refractivity contribution in [3.05, 3.63) is 18.0 Å². The number of hydrogen-bond acceptors (Lipinski definition) is 3. The van der Waals surface area contributed by atoms with Crippen molar-refractivity contribution in [2.24, 2.45) is 0 Å². The van der Waals surface area contributed by atoms with E-state index in [0.717, 1.165) is 5.56 Å². The number of amides is 2. The Bertz CT molecular complexity index is 388. The third-order valence-electron chi connectivity index (χ3n) is 2.64. The van der Waals surface area contributed by atoms with Crippen molar-refractivity contribution in [1.29, 1.82) is 0 Å². The van der Waals surface area contributed by atoms with Gasteiger partial charge in [0.1, 0.15) is 6.04 Å². The van der Waals surface area contributed by atoms with Gasteiger partial charge in [-0.1, -0.05) is 0 Å². The van der Waals surface area contributed by atoms with Crippen molar-refractivity contribution >= 4 is 11.8 Å². The first-order valence-electron chi connectivity index (χ1n) is 5.19. The predicted molar refractivity (Wildman–Crippen MR) is 56.2 cm³/mol. The molecule has 1 saturated heterocycles. The summed E-state index contributed by atoms with van der Waals surface area (Å²) in [5.41, 5.74) is 0.945. The lowest BCUT2D eigenvalue weighted by Gasteiger charge is -2.20. The van der Waals surface area contributed by atoms with Crippen molar-refractivity contribution in [2.75, 3.05) is 7.05 Å². The van der Waals surface area contributed by atoms with E-state index in [0.29, 0.717) is 19.4 Å². The lowest BCUT2D eigenvalue weighted by Crippen LogP contribution is -2.42. The fourth-order valence-corrected chi connectivity index (χ4v) is 1.78. The Balaban J connectivity index is 1.92. The van der Waals surface area contributed by atoms with Crippen LogP contribution in [0.4, 0.5) is 0 Å². The Kier molecular flexibility index (Phi) is 2.89. The van der Waals surface area contributed by atoms with Gasteiger partial charge in [-0.25, -0.2) is 0 Å². The van der Waals surface area contributed by atoms with Gasteiger partial charge in [0, 0.05) is 31.8 Å². The third kappa shape index (κ3) is 2.21. The number of nitrogens with zero attached hydrogens (tertiary/aromatic N) is 2. The Morgan fingerprint density at radius 2 is 2.50 bits per heavy atom. The normalized spacial score (nSPS) is 19.6. The van der Waals surface area contributed by atoms with Crippen LogP contribution in [-0.4, -0.2) is 40.0 Å². The van der Waals surface area contributed by atoms with Gasteiger partial charge < -0.3 is 10.2 Å². The zero-order chi connectivity index (χ0) is 11.5. The van der Waals surface area contributed by atoms with Crippen molar-refractivity contribution in [2.45, 2.75) is 25.4 Å². The minimum atomic E-state index is -0.357. The van der Waals surface area contributed by atoms with Gasteiger partial charge in [-0.15, -0.1) is 0 Å². The predicted octanol–water partition coefficient (Wildman–Crippen LogP) is -0.353. The second kappa shape index (κ2) is 4.34. The largest absolute Gasteiger partial charge is 0.344 e. The third-order valence-corrected chi connectivity index (χ3v) is 2.64. The number of likely N-dealkylation sites (N-methyl/N-ethyl adjacent to an activating group) is 1. The SMILES string of the molecule is CN(Cc1cn[nH]c1)C(=O)[C@@H]1CCC(=O)N1. The molecular formula is C10H14N4O2. The lowest BCUT2D eigenvalue weighted by molar-refractivity contribution is -0.133. The molecular weight excluding hydrogens is 208 g/mol. The molecule has 0 bridgehead atoms. The van der Waals surface area contributed by atoms with E-state index in [4.69, 9.17) is 0 Å². The molecule has 1 aliphatic heterocycles. The van der Waals surface area contributed by atoms with Gasteiger partial charge in [-0.05, 0) is 6.42 Å². The Hall–Kier alpha value is -1.85. The minimum absolute atomic E-state index is 0.0462. The zero-order valence-electron chi connectivity index (χ0n) is 9.06. The lowest BCUT2D eigenvalue weighted by atomic mass is 10.2. The average molecular weight is 222 g/mol. The summed E-state index contributed by atoms with van der Waals surface area (Å²) in [6, 6.07) is -0.357. The molecule has 86 valence electrons. The number of carbonyl (C=O) groups is 2. The van der Waals surface area contributed by atoms with Crippen molar-refractivity contribution in [3.8, 4) is 0 Å². The van der Waals surface area contributed by atoms with Gasteiger partial charge in [-0.2, -0.15) is 5.10 Å². The van der Waals surface area contributed by atoms with Crippen LogP contribution in [0.1, 0.15) is 18.4 Å². The first kappa shape index (κ1) is 10.7. The van der Waals surface area contributed by atoms with E-state index in [1.807, 2.05) is 0 Å². The average Bonchev–Trinajstić information content (AvgIpc) is 2.88. The summed E-state index contributed by atoms with van der Waals surface area (Å²) in [6.45, 7) is 0.502. The number of carbonyl (C=O) groups excluding carboxylic acids is 2. The summed E-state index contributed by atoms with van der Waals surface area (Å²) in [5.74, 6) is -0.0953. The molecule has 0 aromatic carbocycles. The molecule has 2 heterocycles. The molecule has 6 heteroatoms. The van der Waals surface area contributed by atoms with E-state index >= 15 is 0 Å². The van der Waals surface area contributed by atoms with Gasteiger partial charge in [0.15, 0.2) is 0 Å². The Labute approximate surface area is 93.0 Å². The van der Waals surface area contributed by atoms with E-state index in [2.05, 4.69) is 15.5 Å². The monoisotopic (exact) mass is 222 g/mol. The number of nitrogens with one attached hydrogen (secondary N) is 2. The molecule has 16 heavy (non-hydrogen) atoms. The fraction of sp³-hybridized carbons (Fsp3) is 0.500. The van der Waals surface area contributed by atoms with E-state index < -0.39 is 0 Å². The quantitative estimate of drug-likeness (QED) is 0.733. The van der Waals surface area contributed by atoms with Crippen molar-refractivity contribution in [1.82, 2.24) is 20.4 Å². The van der Waals surface area contributed by atoms with E-state index in [1.165, 1.54) is 0 Å². The van der Waals surface area contributed by atoms with E-state index in [-0.39, 0.29) is 17.9 Å². The molecule has 1 aromatic heterocycles. The fourth-order valence-electron chi connectivity index (χ4n) is 1.78. The molecule has 1 atom stereocenters. The molecule has 2 amide bonds. The highest BCUT2D eigenvalue weighted by molar-refractivity contribution is 5.90. The van der Waals surface area contributed by atoms with Crippen LogP contribution < -0.4 is 5.32 Å². The van der Waals surface area contributed by atoms with Gasteiger partial charge in [0.25, 0.3) is 0 Å². The van der Waals surface area contributed by atoms with Crippen LogP contribution in [0.25, 0.3) is 0 Å². The maximum Gasteiger partial charge on any atom is 0.245 e. The zero-order valence-corrected chi connectivity index (χ0v) is 9.06. The summed E-state index contributed by atoms with van der Waals surface area (Å²) in [6.07, 6.45) is 4.46. The van der Waals surface area contributed by atoms with Gasteiger partial charge in [-0.3, -0.25) is 14.7 Å². The number of aromatic amines is 1. The van der Waals surface area contributed by atoms with Crippen LogP contribution in [0, 0.1) is 0 Å². The molecule has 0 aliphatic carbocycles. The van der Waals surface area contributed by atoms with Gasteiger partial charge in [0.05, 0.1) is 6.20 Å². The second-order valence-electron chi connectivity index (χ2n) is 3.96. The van der Waals surface area contributed by atoms with Gasteiger partial charge >= 0.3 is 0 Å². The van der Waals surface area contributed by atoms with Crippen LogP contribution in [0.3, 0.4) is 0 Å². The highest BCUT2D eigenvalue weighted by Gasteiger charge is 2.29. The smallest absolute Gasteiger partial charge is 0.245 e. The highest BCUT2D eigenvalue weighted by Crippen LogP contribution is 2.10. The van der Waals surface area contributed by atoms with Crippen molar-refractivity contribution < 1.29 is 9.59 Å². The number of aromatic nitrogens is 2. The van der Waals surface area contributed by atoms with Crippen LogP contribution in [-0.2, 0) is 16.1 Å².